The van der Waals surface area contributed by atoms with Gasteiger partial charge in [0.05, 0.1) is 6.04 Å². The molecule has 4 atom stereocenters. The van der Waals surface area contributed by atoms with Crippen LogP contribution in [0.15, 0.2) is 24.3 Å². The molecule has 1 saturated heterocycles. The summed E-state index contributed by atoms with van der Waals surface area (Å²) in [5.74, 6) is 0.676. The minimum absolute atomic E-state index is 0. The van der Waals surface area contributed by atoms with Gasteiger partial charge in [-0.15, -0.1) is 12.4 Å². The van der Waals surface area contributed by atoms with Gasteiger partial charge in [0, 0.05) is 24.2 Å². The lowest BCUT2D eigenvalue weighted by Gasteiger charge is -2.24. The van der Waals surface area contributed by atoms with Gasteiger partial charge in [0.2, 0.25) is 5.91 Å². The third kappa shape index (κ3) is 5.69. The van der Waals surface area contributed by atoms with Gasteiger partial charge in [0.15, 0.2) is 0 Å². The van der Waals surface area contributed by atoms with E-state index in [1.54, 1.807) is 0 Å². The molecule has 1 aromatic rings. The second-order valence-corrected chi connectivity index (χ2v) is 7.81. The van der Waals surface area contributed by atoms with Crippen molar-refractivity contribution in [3.05, 3.63) is 35.4 Å². The van der Waals surface area contributed by atoms with E-state index in [0.717, 1.165) is 18.4 Å². The van der Waals surface area contributed by atoms with Crippen LogP contribution < -0.4 is 16.0 Å². The highest BCUT2D eigenvalue weighted by Gasteiger charge is 2.37. The first kappa shape index (κ1) is 21.7. The van der Waals surface area contributed by atoms with Crippen LogP contribution in [0, 0.1) is 5.92 Å². The van der Waals surface area contributed by atoms with Crippen molar-refractivity contribution < 1.29 is 9.59 Å². The molecule has 2 amide bonds. The number of nitrogens with one attached hydrogen (secondary N) is 3. The molecule has 2 aliphatic rings. The van der Waals surface area contributed by atoms with E-state index in [0.29, 0.717) is 24.1 Å². The number of carbonyl (C=O) groups excluding carboxylic acids is 2. The Morgan fingerprint density at radius 3 is 2.78 bits per heavy atom. The van der Waals surface area contributed by atoms with Crippen LogP contribution >= 0.6 is 12.4 Å². The molecule has 150 valence electrons. The number of halogens is 1. The SMILES string of the molecule is CCC(C)NC(=O)c1cccc(CNC(=O)C2CC3CCCCC3N2)c1.Cl. The van der Waals surface area contributed by atoms with E-state index >= 15 is 0 Å². The summed E-state index contributed by atoms with van der Waals surface area (Å²) in [6.45, 7) is 4.50. The van der Waals surface area contributed by atoms with E-state index in [1.807, 2.05) is 38.1 Å². The number of benzene rings is 1. The van der Waals surface area contributed by atoms with E-state index in [2.05, 4.69) is 16.0 Å². The number of amides is 2. The van der Waals surface area contributed by atoms with Crippen LogP contribution in [-0.2, 0) is 11.3 Å². The summed E-state index contributed by atoms with van der Waals surface area (Å²) in [7, 11) is 0. The highest BCUT2D eigenvalue weighted by atomic mass is 35.5. The molecule has 1 aromatic carbocycles. The minimum atomic E-state index is -0.0695. The molecule has 3 rings (SSSR count). The van der Waals surface area contributed by atoms with Crippen LogP contribution in [0.5, 0.6) is 0 Å². The van der Waals surface area contributed by atoms with E-state index in [4.69, 9.17) is 0 Å². The van der Waals surface area contributed by atoms with E-state index in [1.165, 1.54) is 25.7 Å². The summed E-state index contributed by atoms with van der Waals surface area (Å²) in [5.41, 5.74) is 1.59. The monoisotopic (exact) mass is 393 g/mol. The number of hydrogen-bond donors (Lipinski definition) is 3. The van der Waals surface area contributed by atoms with E-state index in [-0.39, 0.29) is 36.3 Å². The van der Waals surface area contributed by atoms with Crippen LogP contribution in [0.3, 0.4) is 0 Å². The zero-order chi connectivity index (χ0) is 18.5. The number of fused-ring (bicyclic) bond motifs is 1. The highest BCUT2D eigenvalue weighted by molar-refractivity contribution is 5.94. The van der Waals surface area contributed by atoms with Crippen LogP contribution in [0.2, 0.25) is 0 Å². The Morgan fingerprint density at radius 1 is 1.26 bits per heavy atom. The molecule has 1 aliphatic heterocycles. The molecule has 1 aliphatic carbocycles. The van der Waals surface area contributed by atoms with Gasteiger partial charge in [-0.05, 0) is 56.2 Å². The van der Waals surface area contributed by atoms with E-state index in [9.17, 15) is 9.59 Å². The third-order valence-electron chi connectivity index (χ3n) is 5.83. The van der Waals surface area contributed by atoms with Crippen molar-refractivity contribution in [2.75, 3.05) is 0 Å². The van der Waals surface area contributed by atoms with Crippen LogP contribution in [0.1, 0.15) is 68.3 Å². The van der Waals surface area contributed by atoms with Gasteiger partial charge in [-0.25, -0.2) is 0 Å². The number of hydrogen-bond acceptors (Lipinski definition) is 3. The van der Waals surface area contributed by atoms with Gasteiger partial charge in [-0.1, -0.05) is 31.9 Å². The number of rotatable bonds is 6. The van der Waals surface area contributed by atoms with Gasteiger partial charge < -0.3 is 16.0 Å². The van der Waals surface area contributed by atoms with Crippen molar-refractivity contribution in [3.8, 4) is 0 Å². The average Bonchev–Trinajstić information content (AvgIpc) is 3.10. The Kier molecular flexibility index (Phi) is 8.11. The largest absolute Gasteiger partial charge is 0.351 e. The third-order valence-corrected chi connectivity index (χ3v) is 5.83. The molecular formula is C21H32ClN3O2. The summed E-state index contributed by atoms with van der Waals surface area (Å²) in [5, 5.41) is 9.52. The number of carbonyl (C=O) groups is 2. The standard InChI is InChI=1S/C21H31N3O2.ClH/c1-3-14(2)23-20(25)17-9-6-7-15(11-17)13-22-21(26)19-12-16-8-4-5-10-18(16)24-19;/h6-7,9,11,14,16,18-19,24H,3-5,8,10,12-13H2,1-2H3,(H,22,26)(H,23,25);1H. The molecule has 6 heteroatoms. The second-order valence-electron chi connectivity index (χ2n) is 7.81. The maximum Gasteiger partial charge on any atom is 0.251 e. The Balaban J connectivity index is 0.00000261. The fourth-order valence-electron chi connectivity index (χ4n) is 4.07. The maximum atomic E-state index is 12.5. The Bertz CT molecular complexity index is 638. The summed E-state index contributed by atoms with van der Waals surface area (Å²) in [6, 6.07) is 8.10. The lowest BCUT2D eigenvalue weighted by molar-refractivity contribution is -0.123. The van der Waals surface area contributed by atoms with Gasteiger partial charge >= 0.3 is 0 Å². The topological polar surface area (TPSA) is 70.2 Å². The van der Waals surface area contributed by atoms with Crippen molar-refractivity contribution in [2.24, 2.45) is 5.92 Å². The predicted molar refractivity (Wildman–Crippen MR) is 110 cm³/mol. The van der Waals surface area contributed by atoms with Crippen molar-refractivity contribution in [1.29, 1.82) is 0 Å². The zero-order valence-electron chi connectivity index (χ0n) is 16.3. The second kappa shape index (κ2) is 10.1. The molecular weight excluding hydrogens is 362 g/mol. The van der Waals surface area contributed by atoms with E-state index < -0.39 is 0 Å². The smallest absolute Gasteiger partial charge is 0.251 e. The van der Waals surface area contributed by atoms with Gasteiger partial charge in [0.25, 0.3) is 5.91 Å². The predicted octanol–water partition coefficient (Wildman–Crippen LogP) is 3.17. The van der Waals surface area contributed by atoms with Gasteiger partial charge in [-0.3, -0.25) is 9.59 Å². The Morgan fingerprint density at radius 2 is 2.04 bits per heavy atom. The summed E-state index contributed by atoms with van der Waals surface area (Å²) >= 11 is 0. The van der Waals surface area contributed by atoms with Crippen molar-refractivity contribution in [1.82, 2.24) is 16.0 Å². The lowest BCUT2D eigenvalue weighted by Crippen LogP contribution is -2.42. The molecule has 0 radical (unpaired) electrons. The molecule has 2 fully saturated rings. The molecule has 1 heterocycles. The lowest BCUT2D eigenvalue weighted by atomic mass is 9.85. The molecule has 5 nitrogen and oxygen atoms in total. The minimum Gasteiger partial charge on any atom is -0.351 e. The first-order valence-corrected chi connectivity index (χ1v) is 10.0. The maximum absolute atomic E-state index is 12.5. The van der Waals surface area contributed by atoms with Crippen LogP contribution in [0.25, 0.3) is 0 Å². The van der Waals surface area contributed by atoms with Crippen molar-refractivity contribution in [3.63, 3.8) is 0 Å². The fraction of sp³-hybridized carbons (Fsp3) is 0.619. The quantitative estimate of drug-likeness (QED) is 0.695. The van der Waals surface area contributed by atoms with Crippen LogP contribution in [0.4, 0.5) is 0 Å². The molecule has 0 bridgehead atoms. The summed E-state index contributed by atoms with van der Waals surface area (Å²) in [6.07, 6.45) is 6.86. The van der Waals surface area contributed by atoms with Crippen molar-refractivity contribution >= 4 is 24.2 Å². The molecule has 4 unspecified atom stereocenters. The molecule has 27 heavy (non-hydrogen) atoms. The molecule has 0 aromatic heterocycles. The highest BCUT2D eigenvalue weighted by Crippen LogP contribution is 2.33. The Labute approximate surface area is 168 Å². The van der Waals surface area contributed by atoms with Gasteiger partial charge in [0.1, 0.15) is 0 Å². The molecule has 1 saturated carbocycles. The Hall–Kier alpha value is -1.59. The zero-order valence-corrected chi connectivity index (χ0v) is 17.1. The fourth-order valence-corrected chi connectivity index (χ4v) is 4.07. The summed E-state index contributed by atoms with van der Waals surface area (Å²) in [4.78, 5) is 24.8. The molecule has 3 N–H and O–H groups in total. The normalized spacial score (nSPS) is 25.0. The first-order valence-electron chi connectivity index (χ1n) is 10.0. The van der Waals surface area contributed by atoms with Crippen LogP contribution in [-0.4, -0.2) is 29.9 Å². The van der Waals surface area contributed by atoms with Gasteiger partial charge in [-0.2, -0.15) is 0 Å². The molecule has 0 spiro atoms. The first-order chi connectivity index (χ1) is 12.6. The summed E-state index contributed by atoms with van der Waals surface area (Å²) < 4.78 is 0. The average molecular weight is 394 g/mol. The van der Waals surface area contributed by atoms with Crippen molar-refractivity contribution in [2.45, 2.75) is 77.0 Å².